The average Bonchev–Trinajstić information content (AvgIpc) is 2.98. The van der Waals surface area contributed by atoms with Crippen LogP contribution in [0.1, 0.15) is 49.1 Å². The smallest absolute Gasteiger partial charge is 0.256 e. The molecular formula is C19H25N3O2. The highest BCUT2D eigenvalue weighted by Crippen LogP contribution is 2.28. The van der Waals surface area contributed by atoms with Crippen LogP contribution >= 0.6 is 0 Å². The molecule has 128 valence electrons. The summed E-state index contributed by atoms with van der Waals surface area (Å²) >= 11 is 0. The first-order valence-electron chi connectivity index (χ1n) is 8.33. The van der Waals surface area contributed by atoms with Crippen molar-refractivity contribution in [1.29, 1.82) is 0 Å². The number of aromatic nitrogens is 2. The van der Waals surface area contributed by atoms with Gasteiger partial charge < -0.3 is 10.0 Å². The Kier molecular flexibility index (Phi) is 4.22. The molecule has 1 aromatic heterocycles. The number of rotatable bonds is 2. The van der Waals surface area contributed by atoms with E-state index in [1.807, 2.05) is 0 Å². The van der Waals surface area contributed by atoms with Crippen LogP contribution in [0.15, 0.2) is 30.6 Å². The lowest BCUT2D eigenvalue weighted by atomic mass is 9.84. The number of amides is 1. The predicted molar refractivity (Wildman–Crippen MR) is 92.4 cm³/mol. The molecule has 0 spiro atoms. The van der Waals surface area contributed by atoms with E-state index in [0.29, 0.717) is 18.7 Å². The second-order valence-corrected chi connectivity index (χ2v) is 7.59. The Morgan fingerprint density at radius 1 is 1.29 bits per heavy atom. The molecule has 3 rings (SSSR count). The number of carbonyl (C=O) groups excluding carboxylic acids is 1. The molecule has 1 aliphatic rings. The van der Waals surface area contributed by atoms with Crippen molar-refractivity contribution in [3.05, 3.63) is 52.8 Å². The number of aliphatic hydroxyl groups is 1. The lowest BCUT2D eigenvalue weighted by Gasteiger charge is -2.31. The fraction of sp³-hybridized carbons (Fsp3) is 0.474. The molecule has 5 heteroatoms. The van der Waals surface area contributed by atoms with Crippen LogP contribution in [0.25, 0.3) is 0 Å². The molecule has 0 saturated carbocycles. The third-order valence-corrected chi connectivity index (χ3v) is 4.67. The van der Waals surface area contributed by atoms with Crippen molar-refractivity contribution in [2.45, 2.75) is 45.3 Å². The third kappa shape index (κ3) is 3.22. The maximum atomic E-state index is 12.6. The van der Waals surface area contributed by atoms with Crippen LogP contribution in [0.5, 0.6) is 0 Å². The molecule has 1 aliphatic heterocycles. The summed E-state index contributed by atoms with van der Waals surface area (Å²) in [6, 6.07) is 6.56. The minimum Gasteiger partial charge on any atom is -0.378 e. The Hall–Kier alpha value is -2.14. The molecule has 5 nitrogen and oxygen atoms in total. The summed E-state index contributed by atoms with van der Waals surface area (Å²) in [4.78, 5) is 14.4. The van der Waals surface area contributed by atoms with Crippen molar-refractivity contribution in [3.8, 4) is 0 Å². The maximum Gasteiger partial charge on any atom is 0.256 e. The molecule has 1 atom stereocenters. The monoisotopic (exact) mass is 327 g/mol. The van der Waals surface area contributed by atoms with Crippen LogP contribution in [0.4, 0.5) is 0 Å². The predicted octanol–water partition coefficient (Wildman–Crippen LogP) is 2.34. The van der Waals surface area contributed by atoms with E-state index in [-0.39, 0.29) is 11.3 Å². The normalized spacial score (nSPS) is 16.0. The minimum atomic E-state index is -1.15. The Bertz CT molecular complexity index is 758. The molecule has 1 amide bonds. The van der Waals surface area contributed by atoms with Gasteiger partial charge in [0.1, 0.15) is 0 Å². The molecule has 0 fully saturated rings. The highest BCUT2D eigenvalue weighted by atomic mass is 16.3. The second kappa shape index (κ2) is 6.06. The van der Waals surface area contributed by atoms with Crippen molar-refractivity contribution in [2.24, 2.45) is 7.05 Å². The molecule has 2 heterocycles. The summed E-state index contributed by atoms with van der Waals surface area (Å²) in [6.45, 7) is 7.75. The Morgan fingerprint density at radius 3 is 2.67 bits per heavy atom. The van der Waals surface area contributed by atoms with Gasteiger partial charge in [0.05, 0.1) is 6.20 Å². The minimum absolute atomic E-state index is 0.0799. The van der Waals surface area contributed by atoms with Gasteiger partial charge in [-0.25, -0.2) is 0 Å². The van der Waals surface area contributed by atoms with E-state index < -0.39 is 6.10 Å². The summed E-state index contributed by atoms with van der Waals surface area (Å²) < 4.78 is 1.59. The average molecular weight is 327 g/mol. The lowest BCUT2D eigenvalue weighted by molar-refractivity contribution is -0.141. The van der Waals surface area contributed by atoms with Crippen molar-refractivity contribution < 1.29 is 9.90 Å². The molecule has 24 heavy (non-hydrogen) atoms. The summed E-state index contributed by atoms with van der Waals surface area (Å²) in [6.07, 6.45) is 2.90. The highest BCUT2D eigenvalue weighted by Gasteiger charge is 2.28. The quantitative estimate of drug-likeness (QED) is 0.921. The summed E-state index contributed by atoms with van der Waals surface area (Å²) in [7, 11) is 1.77. The first-order chi connectivity index (χ1) is 11.3. The zero-order valence-electron chi connectivity index (χ0n) is 14.8. The Morgan fingerprint density at radius 2 is 2.04 bits per heavy atom. The molecule has 1 N–H and O–H groups in total. The number of benzene rings is 1. The SMILES string of the molecule is Cn1cc(C(O)C(=O)N2CCc3ccc(C(C)(C)C)cc3C2)cn1. The molecule has 0 bridgehead atoms. The van der Waals surface area contributed by atoms with Crippen LogP contribution in [0.2, 0.25) is 0 Å². The van der Waals surface area contributed by atoms with Crippen molar-refractivity contribution in [3.63, 3.8) is 0 Å². The third-order valence-electron chi connectivity index (χ3n) is 4.67. The molecule has 1 aromatic carbocycles. The summed E-state index contributed by atoms with van der Waals surface area (Å²) in [5, 5.41) is 14.4. The standard InChI is InChI=1S/C19H25N3O2/c1-19(2,3)16-6-5-13-7-8-22(12-14(13)9-16)18(24)17(23)15-10-20-21(4)11-15/h5-6,9-11,17,23H,7-8,12H2,1-4H3. The van der Waals surface area contributed by atoms with E-state index in [1.165, 1.54) is 22.9 Å². The van der Waals surface area contributed by atoms with E-state index >= 15 is 0 Å². The molecule has 2 aromatic rings. The molecule has 0 saturated heterocycles. The van der Waals surface area contributed by atoms with Gasteiger partial charge in [-0.05, 0) is 28.5 Å². The van der Waals surface area contributed by atoms with Gasteiger partial charge in [0, 0.05) is 31.9 Å². The number of aliphatic hydroxyl groups excluding tert-OH is 1. The van der Waals surface area contributed by atoms with Gasteiger partial charge >= 0.3 is 0 Å². The number of carbonyl (C=O) groups is 1. The second-order valence-electron chi connectivity index (χ2n) is 7.59. The lowest BCUT2D eigenvalue weighted by Crippen LogP contribution is -2.39. The fourth-order valence-corrected chi connectivity index (χ4v) is 3.11. The summed E-state index contributed by atoms with van der Waals surface area (Å²) in [5.41, 5.74) is 4.36. The molecular weight excluding hydrogens is 302 g/mol. The van der Waals surface area contributed by atoms with Gasteiger partial charge in [0.25, 0.3) is 5.91 Å². The highest BCUT2D eigenvalue weighted by molar-refractivity contribution is 5.82. The zero-order valence-corrected chi connectivity index (χ0v) is 14.8. The van der Waals surface area contributed by atoms with E-state index in [9.17, 15) is 9.90 Å². The van der Waals surface area contributed by atoms with Crippen LogP contribution < -0.4 is 0 Å². The molecule has 1 unspecified atom stereocenters. The van der Waals surface area contributed by atoms with Crippen LogP contribution in [-0.4, -0.2) is 32.2 Å². The van der Waals surface area contributed by atoms with Gasteiger partial charge in [-0.3, -0.25) is 9.48 Å². The largest absolute Gasteiger partial charge is 0.378 e. The molecule has 0 radical (unpaired) electrons. The Labute approximate surface area is 142 Å². The van der Waals surface area contributed by atoms with E-state index in [1.54, 1.807) is 22.8 Å². The maximum absolute atomic E-state index is 12.6. The number of nitrogens with zero attached hydrogens (tertiary/aromatic N) is 3. The number of hydrogen-bond acceptors (Lipinski definition) is 3. The van der Waals surface area contributed by atoms with Crippen molar-refractivity contribution in [1.82, 2.24) is 14.7 Å². The first kappa shape index (κ1) is 16.7. The summed E-state index contributed by atoms with van der Waals surface area (Å²) in [5.74, 6) is -0.255. The van der Waals surface area contributed by atoms with Gasteiger partial charge in [-0.15, -0.1) is 0 Å². The van der Waals surface area contributed by atoms with Crippen molar-refractivity contribution >= 4 is 5.91 Å². The topological polar surface area (TPSA) is 58.4 Å². The van der Waals surface area contributed by atoms with Crippen molar-refractivity contribution in [2.75, 3.05) is 6.54 Å². The van der Waals surface area contributed by atoms with Gasteiger partial charge in [0.15, 0.2) is 6.10 Å². The van der Waals surface area contributed by atoms with Gasteiger partial charge in [-0.1, -0.05) is 39.0 Å². The Balaban J connectivity index is 1.80. The zero-order chi connectivity index (χ0) is 17.5. The number of aryl methyl sites for hydroxylation is 1. The van der Waals surface area contributed by atoms with Crippen LogP contribution in [0, 0.1) is 0 Å². The fourth-order valence-electron chi connectivity index (χ4n) is 3.11. The van der Waals surface area contributed by atoms with E-state index in [2.05, 4.69) is 44.1 Å². The van der Waals surface area contributed by atoms with Gasteiger partial charge in [-0.2, -0.15) is 5.10 Å². The van der Waals surface area contributed by atoms with E-state index in [4.69, 9.17) is 0 Å². The first-order valence-corrected chi connectivity index (χ1v) is 8.33. The van der Waals surface area contributed by atoms with E-state index in [0.717, 1.165) is 6.42 Å². The molecule has 0 aliphatic carbocycles. The van der Waals surface area contributed by atoms with Crippen LogP contribution in [0.3, 0.4) is 0 Å². The number of fused-ring (bicyclic) bond motifs is 1. The number of hydrogen-bond donors (Lipinski definition) is 1. The van der Waals surface area contributed by atoms with Crippen LogP contribution in [-0.2, 0) is 30.2 Å². The van der Waals surface area contributed by atoms with Gasteiger partial charge in [0.2, 0.25) is 0 Å².